The maximum atomic E-state index is 4.92. The quantitative estimate of drug-likeness (QED) is 0.682. The molecule has 11 heavy (non-hydrogen) atoms. The summed E-state index contributed by atoms with van der Waals surface area (Å²) in [6, 6.07) is 0. The Morgan fingerprint density at radius 1 is 1.64 bits per heavy atom. The lowest BCUT2D eigenvalue weighted by atomic mass is 10.1. The van der Waals surface area contributed by atoms with Gasteiger partial charge in [-0.05, 0) is 6.42 Å². The topological polar surface area (TPSA) is 63.7 Å². The summed E-state index contributed by atoms with van der Waals surface area (Å²) in [7, 11) is 1.68. The van der Waals surface area contributed by atoms with Gasteiger partial charge in [0.1, 0.15) is 0 Å². The minimum Gasteiger partial charge on any atom is -0.385 e. The molecule has 0 saturated heterocycles. The largest absolute Gasteiger partial charge is 0.385 e. The highest BCUT2D eigenvalue weighted by molar-refractivity contribution is 4.86. The van der Waals surface area contributed by atoms with E-state index in [1.165, 1.54) is 0 Å². The number of nitrogens with zero attached hydrogens (tertiary/aromatic N) is 3. The molecule has 1 N–H and O–H groups in total. The first kappa shape index (κ1) is 8.13. The second kappa shape index (κ2) is 4.02. The zero-order valence-corrected chi connectivity index (χ0v) is 6.74. The predicted octanol–water partition coefficient (Wildman–Crippen LogP) is 0.340. The molecule has 1 rings (SSSR count). The first-order valence-corrected chi connectivity index (χ1v) is 3.57. The predicted molar refractivity (Wildman–Crippen MR) is 39.1 cm³/mol. The molecule has 1 unspecified atom stereocenters. The fourth-order valence-electron chi connectivity index (χ4n) is 0.802. The van der Waals surface area contributed by atoms with E-state index in [2.05, 4.69) is 20.6 Å². The zero-order valence-electron chi connectivity index (χ0n) is 6.74. The molecule has 0 aliphatic carbocycles. The van der Waals surface area contributed by atoms with Crippen molar-refractivity contribution in [1.82, 2.24) is 20.6 Å². The Bertz CT molecular complexity index is 186. The Hall–Kier alpha value is -0.970. The van der Waals surface area contributed by atoms with Crippen LogP contribution in [0.2, 0.25) is 0 Å². The molecule has 5 nitrogen and oxygen atoms in total. The van der Waals surface area contributed by atoms with Gasteiger partial charge in [0.25, 0.3) is 0 Å². The lowest BCUT2D eigenvalue weighted by Crippen LogP contribution is -2.00. The number of rotatable bonds is 4. The highest BCUT2D eigenvalue weighted by atomic mass is 16.5. The Morgan fingerprint density at radius 3 is 3.00 bits per heavy atom. The monoisotopic (exact) mass is 156 g/mol. The van der Waals surface area contributed by atoms with Crippen molar-refractivity contribution in [2.75, 3.05) is 13.7 Å². The molecule has 0 aromatic carbocycles. The van der Waals surface area contributed by atoms with Gasteiger partial charge in [-0.2, -0.15) is 5.21 Å². The molecule has 0 amide bonds. The van der Waals surface area contributed by atoms with E-state index in [0.29, 0.717) is 5.92 Å². The second-order valence-electron chi connectivity index (χ2n) is 2.45. The third kappa shape index (κ3) is 2.27. The molecule has 0 spiro atoms. The molecule has 0 fully saturated rings. The molecular weight excluding hydrogens is 144 g/mol. The number of aromatic amines is 1. The van der Waals surface area contributed by atoms with Gasteiger partial charge in [-0.3, -0.25) is 0 Å². The van der Waals surface area contributed by atoms with Crippen molar-refractivity contribution >= 4 is 0 Å². The Balaban J connectivity index is 2.36. The molecule has 0 aliphatic rings. The van der Waals surface area contributed by atoms with Crippen LogP contribution in [0, 0.1) is 0 Å². The fraction of sp³-hybridized carbons (Fsp3) is 0.833. The van der Waals surface area contributed by atoms with Gasteiger partial charge in [0, 0.05) is 19.6 Å². The molecule has 62 valence electrons. The molecule has 1 atom stereocenters. The van der Waals surface area contributed by atoms with Crippen LogP contribution >= 0.6 is 0 Å². The van der Waals surface area contributed by atoms with Gasteiger partial charge in [-0.15, -0.1) is 10.2 Å². The average molecular weight is 156 g/mol. The summed E-state index contributed by atoms with van der Waals surface area (Å²) in [5, 5.41) is 13.6. The van der Waals surface area contributed by atoms with Crippen LogP contribution in [0.4, 0.5) is 0 Å². The molecule has 0 radical (unpaired) electrons. The van der Waals surface area contributed by atoms with Crippen LogP contribution in [0.25, 0.3) is 0 Å². The molecule has 5 heteroatoms. The van der Waals surface area contributed by atoms with Gasteiger partial charge < -0.3 is 4.74 Å². The zero-order chi connectivity index (χ0) is 8.10. The lowest BCUT2D eigenvalue weighted by molar-refractivity contribution is 0.188. The number of ether oxygens (including phenoxy) is 1. The molecule has 1 aromatic rings. The van der Waals surface area contributed by atoms with Crippen molar-refractivity contribution in [3.8, 4) is 0 Å². The summed E-state index contributed by atoms with van der Waals surface area (Å²) in [6.45, 7) is 2.78. The number of H-pyrrole nitrogens is 1. The van der Waals surface area contributed by atoms with Crippen LogP contribution in [0.1, 0.15) is 25.1 Å². The normalized spacial score (nSPS) is 13.3. The van der Waals surface area contributed by atoms with E-state index < -0.39 is 0 Å². The van der Waals surface area contributed by atoms with E-state index in [1.807, 2.05) is 6.92 Å². The van der Waals surface area contributed by atoms with Crippen LogP contribution in [-0.4, -0.2) is 34.3 Å². The van der Waals surface area contributed by atoms with Crippen LogP contribution in [0.15, 0.2) is 0 Å². The summed E-state index contributed by atoms with van der Waals surface area (Å²) in [5.74, 6) is 1.07. The molecule has 1 aromatic heterocycles. The number of tetrazole rings is 1. The Labute approximate surface area is 65.1 Å². The fourth-order valence-corrected chi connectivity index (χ4v) is 0.802. The molecular formula is C6H12N4O. The first-order chi connectivity index (χ1) is 5.34. The minimum absolute atomic E-state index is 0.314. The van der Waals surface area contributed by atoms with Crippen LogP contribution < -0.4 is 0 Å². The number of hydrogen-bond acceptors (Lipinski definition) is 4. The van der Waals surface area contributed by atoms with Crippen LogP contribution in [0.3, 0.4) is 0 Å². The number of nitrogens with one attached hydrogen (secondary N) is 1. The molecule has 0 bridgehead atoms. The third-order valence-electron chi connectivity index (χ3n) is 1.56. The van der Waals surface area contributed by atoms with Crippen LogP contribution in [0.5, 0.6) is 0 Å². The van der Waals surface area contributed by atoms with Crippen molar-refractivity contribution in [2.24, 2.45) is 0 Å². The second-order valence-corrected chi connectivity index (χ2v) is 2.45. The van der Waals surface area contributed by atoms with E-state index in [1.54, 1.807) is 7.11 Å². The van der Waals surface area contributed by atoms with Crippen molar-refractivity contribution in [2.45, 2.75) is 19.3 Å². The van der Waals surface area contributed by atoms with Crippen molar-refractivity contribution < 1.29 is 4.74 Å². The van der Waals surface area contributed by atoms with E-state index >= 15 is 0 Å². The van der Waals surface area contributed by atoms with Gasteiger partial charge in [0.05, 0.1) is 0 Å². The van der Waals surface area contributed by atoms with E-state index in [-0.39, 0.29) is 0 Å². The van der Waals surface area contributed by atoms with Gasteiger partial charge >= 0.3 is 0 Å². The third-order valence-corrected chi connectivity index (χ3v) is 1.56. The van der Waals surface area contributed by atoms with Crippen LogP contribution in [-0.2, 0) is 4.74 Å². The smallest absolute Gasteiger partial charge is 0.177 e. The van der Waals surface area contributed by atoms with E-state index in [9.17, 15) is 0 Å². The van der Waals surface area contributed by atoms with Crippen molar-refractivity contribution in [1.29, 1.82) is 0 Å². The van der Waals surface area contributed by atoms with Gasteiger partial charge in [-0.25, -0.2) is 0 Å². The van der Waals surface area contributed by atoms with Gasteiger partial charge in [0.15, 0.2) is 5.82 Å². The van der Waals surface area contributed by atoms with E-state index in [0.717, 1.165) is 18.9 Å². The summed E-state index contributed by atoms with van der Waals surface area (Å²) < 4.78 is 4.92. The number of methoxy groups -OCH3 is 1. The average Bonchev–Trinajstić information content (AvgIpc) is 2.52. The minimum atomic E-state index is 0.314. The maximum absolute atomic E-state index is 4.92. The summed E-state index contributed by atoms with van der Waals surface area (Å²) in [6.07, 6.45) is 0.927. The number of hydrogen-bond donors (Lipinski definition) is 1. The first-order valence-electron chi connectivity index (χ1n) is 3.57. The summed E-state index contributed by atoms with van der Waals surface area (Å²) >= 11 is 0. The summed E-state index contributed by atoms with van der Waals surface area (Å²) in [5.41, 5.74) is 0. The SMILES string of the molecule is COCCC(C)c1nn[nH]n1. The highest BCUT2D eigenvalue weighted by Gasteiger charge is 2.08. The highest BCUT2D eigenvalue weighted by Crippen LogP contribution is 2.11. The van der Waals surface area contributed by atoms with E-state index in [4.69, 9.17) is 4.74 Å². The maximum Gasteiger partial charge on any atom is 0.177 e. The standard InChI is InChI=1S/C6H12N4O/c1-5(3-4-11-2)6-7-9-10-8-6/h5H,3-4H2,1-2H3,(H,7,8,9,10). The van der Waals surface area contributed by atoms with Gasteiger partial charge in [0.2, 0.25) is 0 Å². The summed E-state index contributed by atoms with van der Waals surface area (Å²) in [4.78, 5) is 0. The molecule has 0 aliphatic heterocycles. The van der Waals surface area contributed by atoms with Gasteiger partial charge in [-0.1, -0.05) is 12.1 Å². The Morgan fingerprint density at radius 2 is 2.45 bits per heavy atom. The van der Waals surface area contributed by atoms with Crippen molar-refractivity contribution in [3.05, 3.63) is 5.82 Å². The Kier molecular flexibility index (Phi) is 2.97. The lowest BCUT2D eigenvalue weighted by Gasteiger charge is -2.03. The number of aromatic nitrogens is 4. The molecule has 1 heterocycles. The molecule has 0 saturated carbocycles. The van der Waals surface area contributed by atoms with Crippen molar-refractivity contribution in [3.63, 3.8) is 0 Å².